The number of nitrogens with zero attached hydrogens (tertiary/aromatic N) is 3. The van der Waals surface area contributed by atoms with Crippen molar-refractivity contribution in [3.63, 3.8) is 0 Å². The molecule has 0 saturated heterocycles. The Bertz CT molecular complexity index is 1430. The Balaban J connectivity index is 1.51. The number of halogens is 1. The molecule has 194 valence electrons. The van der Waals surface area contributed by atoms with Crippen molar-refractivity contribution in [1.29, 1.82) is 0 Å². The van der Waals surface area contributed by atoms with Gasteiger partial charge in [0.1, 0.15) is 10.8 Å². The van der Waals surface area contributed by atoms with Crippen molar-refractivity contribution >= 4 is 62.3 Å². The number of fused-ring (bicyclic) bond motifs is 1. The highest BCUT2D eigenvalue weighted by atomic mass is 35.5. The van der Waals surface area contributed by atoms with E-state index in [-0.39, 0.29) is 34.8 Å². The molecule has 0 radical (unpaired) electrons. The van der Waals surface area contributed by atoms with E-state index in [0.717, 1.165) is 6.42 Å². The first kappa shape index (κ1) is 26.2. The Morgan fingerprint density at radius 2 is 1.84 bits per heavy atom. The Morgan fingerprint density at radius 1 is 1.11 bits per heavy atom. The normalized spacial score (nSPS) is 12.9. The fourth-order valence-corrected chi connectivity index (χ4v) is 4.72. The van der Waals surface area contributed by atoms with Crippen LogP contribution in [0.5, 0.6) is 5.75 Å². The van der Waals surface area contributed by atoms with Gasteiger partial charge in [-0.2, -0.15) is 4.98 Å². The molecule has 1 aromatic heterocycles. The van der Waals surface area contributed by atoms with E-state index in [1.54, 1.807) is 30.0 Å². The van der Waals surface area contributed by atoms with Crippen LogP contribution in [0.4, 0.5) is 28.8 Å². The van der Waals surface area contributed by atoms with Crippen molar-refractivity contribution in [2.24, 2.45) is 0 Å². The number of benzene rings is 2. The van der Waals surface area contributed by atoms with Crippen molar-refractivity contribution < 1.29 is 22.7 Å². The predicted molar refractivity (Wildman–Crippen MR) is 140 cm³/mol. The molecule has 0 bridgehead atoms. The average Bonchev–Trinajstić information content (AvgIpc) is 2.88. The standard InChI is InChI=1S/C24H25ClN6O5S/c1-3-11-31-19-12-16(7-10-20(19)36-14-22(31)33)27-23-18(25)13-26-24(29-23)28-15-5-8-17(9-6-15)37(34,35)30-21(32)4-2/h5-10,12-13H,3-4,11,14H2,1-2H3,(H,30,32)(H2,26,27,28,29). The maximum absolute atomic E-state index is 12.3. The number of hydrogen-bond donors (Lipinski definition) is 3. The van der Waals surface area contributed by atoms with Crippen LogP contribution in [-0.4, -0.2) is 43.4 Å². The number of sulfonamides is 1. The van der Waals surface area contributed by atoms with Crippen LogP contribution < -0.4 is 25.0 Å². The minimum Gasteiger partial charge on any atom is -0.482 e. The van der Waals surface area contributed by atoms with Crippen molar-refractivity contribution in [1.82, 2.24) is 14.7 Å². The third-order valence-electron chi connectivity index (χ3n) is 5.35. The van der Waals surface area contributed by atoms with Crippen LogP contribution in [-0.2, 0) is 19.6 Å². The Kier molecular flexibility index (Phi) is 7.79. The van der Waals surface area contributed by atoms with Crippen molar-refractivity contribution in [2.45, 2.75) is 31.6 Å². The zero-order chi connectivity index (χ0) is 26.6. The summed E-state index contributed by atoms with van der Waals surface area (Å²) in [5.41, 5.74) is 1.83. The summed E-state index contributed by atoms with van der Waals surface area (Å²) in [5, 5.41) is 6.41. The van der Waals surface area contributed by atoms with E-state index in [0.29, 0.717) is 35.2 Å². The highest BCUT2D eigenvalue weighted by Crippen LogP contribution is 2.36. The summed E-state index contributed by atoms with van der Waals surface area (Å²) < 4.78 is 32.1. The number of carbonyl (C=O) groups excluding carboxylic acids is 2. The summed E-state index contributed by atoms with van der Waals surface area (Å²) in [6.45, 7) is 4.14. The molecule has 0 saturated carbocycles. The van der Waals surface area contributed by atoms with Crippen LogP contribution in [0.2, 0.25) is 5.02 Å². The topological polar surface area (TPSA) is 143 Å². The first-order chi connectivity index (χ1) is 17.7. The average molecular weight is 545 g/mol. The van der Waals surface area contributed by atoms with Crippen molar-refractivity contribution in [3.05, 3.63) is 53.7 Å². The van der Waals surface area contributed by atoms with E-state index in [9.17, 15) is 18.0 Å². The minimum atomic E-state index is -3.95. The molecular formula is C24H25ClN6O5S. The second-order valence-corrected chi connectivity index (χ2v) is 10.2. The van der Waals surface area contributed by atoms with Crippen LogP contribution in [0.1, 0.15) is 26.7 Å². The second kappa shape index (κ2) is 11.0. The molecule has 3 aromatic rings. The highest BCUT2D eigenvalue weighted by molar-refractivity contribution is 7.90. The maximum Gasteiger partial charge on any atom is 0.265 e. The third kappa shape index (κ3) is 6.09. The van der Waals surface area contributed by atoms with Crippen LogP contribution >= 0.6 is 11.6 Å². The van der Waals surface area contributed by atoms with Gasteiger partial charge >= 0.3 is 0 Å². The van der Waals surface area contributed by atoms with E-state index in [1.165, 1.54) is 30.5 Å². The lowest BCUT2D eigenvalue weighted by Crippen LogP contribution is -2.39. The van der Waals surface area contributed by atoms with Crippen molar-refractivity contribution in [2.75, 3.05) is 28.7 Å². The zero-order valence-corrected chi connectivity index (χ0v) is 21.7. The SMILES string of the molecule is CCCN1C(=O)COc2ccc(Nc3nc(Nc4ccc(S(=O)(=O)NC(=O)CC)cc4)ncc3Cl)cc21. The third-order valence-corrected chi connectivity index (χ3v) is 7.01. The molecule has 1 aliphatic rings. The van der Waals surface area contributed by atoms with E-state index >= 15 is 0 Å². The molecule has 0 spiro atoms. The molecule has 0 aliphatic carbocycles. The summed E-state index contributed by atoms with van der Waals surface area (Å²) in [6, 6.07) is 11.1. The lowest BCUT2D eigenvalue weighted by molar-refractivity contribution is -0.121. The molecule has 2 aromatic carbocycles. The molecule has 37 heavy (non-hydrogen) atoms. The number of ether oxygens (including phenoxy) is 1. The van der Waals surface area contributed by atoms with Crippen molar-refractivity contribution in [3.8, 4) is 5.75 Å². The van der Waals surface area contributed by atoms with Crippen LogP contribution in [0, 0.1) is 0 Å². The fraction of sp³-hybridized carbons (Fsp3) is 0.250. The Labute approximate surface area is 219 Å². The Morgan fingerprint density at radius 3 is 2.54 bits per heavy atom. The van der Waals surface area contributed by atoms with Gasteiger partial charge in [-0.1, -0.05) is 25.4 Å². The van der Waals surface area contributed by atoms with Crippen LogP contribution in [0.15, 0.2) is 53.6 Å². The van der Waals surface area contributed by atoms with Gasteiger partial charge in [0.05, 0.1) is 16.8 Å². The zero-order valence-electron chi connectivity index (χ0n) is 20.1. The summed E-state index contributed by atoms with van der Waals surface area (Å²) in [4.78, 5) is 34.0. The van der Waals surface area contributed by atoms with E-state index in [1.807, 2.05) is 11.6 Å². The molecule has 13 heteroatoms. The number of aromatic nitrogens is 2. The van der Waals surface area contributed by atoms with Gasteiger partial charge < -0.3 is 20.3 Å². The second-order valence-electron chi connectivity index (χ2n) is 8.06. The first-order valence-corrected chi connectivity index (χ1v) is 13.4. The van der Waals surface area contributed by atoms with Gasteiger partial charge in [0.2, 0.25) is 11.9 Å². The number of nitrogens with one attached hydrogen (secondary N) is 3. The van der Waals surface area contributed by atoms with Gasteiger partial charge in [-0.05, 0) is 48.9 Å². The molecule has 3 N–H and O–H groups in total. The molecule has 11 nitrogen and oxygen atoms in total. The van der Waals surface area contributed by atoms with Gasteiger partial charge in [0, 0.05) is 24.3 Å². The first-order valence-electron chi connectivity index (χ1n) is 11.5. The minimum absolute atomic E-state index is 0.00677. The molecule has 1 aliphatic heterocycles. The Hall–Kier alpha value is -3.90. The number of hydrogen-bond acceptors (Lipinski definition) is 9. The maximum atomic E-state index is 12.3. The van der Waals surface area contributed by atoms with Gasteiger partial charge in [0.15, 0.2) is 12.4 Å². The molecule has 2 heterocycles. The molecule has 0 fully saturated rings. The summed E-state index contributed by atoms with van der Waals surface area (Å²) in [6.07, 6.45) is 2.28. The molecule has 0 unspecified atom stereocenters. The highest BCUT2D eigenvalue weighted by Gasteiger charge is 2.25. The van der Waals surface area contributed by atoms with E-state index in [2.05, 4.69) is 20.6 Å². The lowest BCUT2D eigenvalue weighted by atomic mass is 10.2. The number of carbonyl (C=O) groups is 2. The molecular weight excluding hydrogens is 520 g/mol. The van der Waals surface area contributed by atoms with Gasteiger partial charge in [0.25, 0.3) is 15.9 Å². The fourth-order valence-electron chi connectivity index (χ4n) is 3.53. The van der Waals surface area contributed by atoms with Gasteiger partial charge in [-0.25, -0.2) is 18.1 Å². The summed E-state index contributed by atoms with van der Waals surface area (Å²) in [7, 11) is -3.95. The predicted octanol–water partition coefficient (Wildman–Crippen LogP) is 3.97. The van der Waals surface area contributed by atoms with Gasteiger partial charge in [-0.15, -0.1) is 0 Å². The quantitative estimate of drug-likeness (QED) is 0.364. The van der Waals surface area contributed by atoms with Crippen LogP contribution in [0.3, 0.4) is 0 Å². The number of anilines is 5. The van der Waals surface area contributed by atoms with Gasteiger partial charge in [-0.3, -0.25) is 9.59 Å². The number of amides is 2. The largest absolute Gasteiger partial charge is 0.482 e. The van der Waals surface area contributed by atoms with E-state index in [4.69, 9.17) is 16.3 Å². The number of rotatable bonds is 9. The molecule has 2 amide bonds. The molecule has 0 atom stereocenters. The summed E-state index contributed by atoms with van der Waals surface area (Å²) in [5.74, 6) is 0.462. The van der Waals surface area contributed by atoms with E-state index < -0.39 is 15.9 Å². The summed E-state index contributed by atoms with van der Waals surface area (Å²) >= 11 is 6.31. The molecule has 4 rings (SSSR count). The smallest absolute Gasteiger partial charge is 0.265 e. The monoisotopic (exact) mass is 544 g/mol. The lowest BCUT2D eigenvalue weighted by Gasteiger charge is -2.29. The van der Waals surface area contributed by atoms with Crippen LogP contribution in [0.25, 0.3) is 0 Å².